The van der Waals surface area contributed by atoms with Gasteiger partial charge in [0.05, 0.1) is 26.7 Å². The number of ether oxygens (including phenoxy) is 1. The maximum atomic E-state index is 13.0. The van der Waals surface area contributed by atoms with Crippen molar-refractivity contribution in [1.82, 2.24) is 24.9 Å². The summed E-state index contributed by atoms with van der Waals surface area (Å²) in [5, 5.41) is 46.1. The fourth-order valence-electron chi connectivity index (χ4n) is 6.15. The van der Waals surface area contributed by atoms with Gasteiger partial charge in [-0.05, 0) is 43.3 Å². The Labute approximate surface area is 280 Å². The second-order valence-corrected chi connectivity index (χ2v) is 12.4. The van der Waals surface area contributed by atoms with Crippen LogP contribution in [0, 0.1) is 0 Å². The summed E-state index contributed by atoms with van der Waals surface area (Å²) in [6.07, 6.45) is 6.74. The van der Waals surface area contributed by atoms with E-state index < -0.39 is 29.9 Å². The number of carboxylic acid groups (broad SMARTS) is 4. The number of rotatable bonds is 12. The van der Waals surface area contributed by atoms with Crippen molar-refractivity contribution < 1.29 is 44.3 Å². The Morgan fingerprint density at radius 1 is 0.787 bits per heavy atom. The van der Waals surface area contributed by atoms with Gasteiger partial charge in [-0.15, -0.1) is 0 Å². The van der Waals surface area contributed by atoms with Crippen molar-refractivity contribution in [3.05, 3.63) is 23.8 Å². The van der Waals surface area contributed by atoms with Gasteiger partial charge in [-0.2, -0.15) is 0 Å². The molecular weight excluding hydrogens is 632 g/mol. The maximum Gasteiger partial charge on any atom is 0.325 e. The Bertz CT molecular complexity index is 1200. The Hall–Kier alpha value is -3.57. The second kappa shape index (κ2) is 19.3. The predicted molar refractivity (Wildman–Crippen MR) is 178 cm³/mol. The lowest BCUT2D eigenvalue weighted by atomic mass is 10.0. The molecule has 2 fully saturated rings. The number of nitrogens with zero attached hydrogens (tertiary/aromatic N) is 4. The average molecular weight is 681 g/mol. The van der Waals surface area contributed by atoms with Gasteiger partial charge in [0.2, 0.25) is 0 Å². The van der Waals surface area contributed by atoms with E-state index in [0.29, 0.717) is 22.1 Å². The van der Waals surface area contributed by atoms with E-state index in [-0.39, 0.29) is 78.0 Å². The third-order valence-electron chi connectivity index (χ3n) is 8.52. The number of carbonyl (C=O) groups is 4. The lowest BCUT2D eigenvalue weighted by molar-refractivity contribution is -0.145. The molecule has 1 aliphatic carbocycles. The molecule has 0 radical (unpaired) electrons. The number of aliphatic carboxylic acids is 4. The van der Waals surface area contributed by atoms with E-state index in [1.165, 1.54) is 20.0 Å². The molecule has 1 atom stereocenters. The van der Waals surface area contributed by atoms with Crippen molar-refractivity contribution in [2.24, 2.45) is 0 Å². The van der Waals surface area contributed by atoms with Crippen LogP contribution in [-0.2, 0) is 19.2 Å². The minimum Gasteiger partial charge on any atom is -0.496 e. The highest BCUT2D eigenvalue weighted by molar-refractivity contribution is 7.80. The van der Waals surface area contributed by atoms with Crippen LogP contribution in [0.3, 0.4) is 0 Å². The molecule has 15 nitrogen and oxygen atoms in total. The predicted octanol–water partition coefficient (Wildman–Crippen LogP) is 1.31. The molecule has 0 aromatic heterocycles. The van der Waals surface area contributed by atoms with E-state index in [1.807, 2.05) is 0 Å². The molecule has 16 heteroatoms. The molecule has 1 aromatic rings. The monoisotopic (exact) mass is 680 g/mol. The lowest BCUT2D eigenvalue weighted by Gasteiger charge is -2.35. The molecule has 1 saturated carbocycles. The smallest absolute Gasteiger partial charge is 0.325 e. The Kier molecular flexibility index (Phi) is 15.6. The van der Waals surface area contributed by atoms with Crippen LogP contribution < -0.4 is 15.4 Å². The first-order valence-corrected chi connectivity index (χ1v) is 16.4. The summed E-state index contributed by atoms with van der Waals surface area (Å²) >= 11 is 5.60. The van der Waals surface area contributed by atoms with Crippen LogP contribution >= 0.6 is 12.2 Å². The summed E-state index contributed by atoms with van der Waals surface area (Å²) in [6.45, 7) is 0.613. The number of hydrogen-bond donors (Lipinski definition) is 6. The van der Waals surface area contributed by atoms with Gasteiger partial charge in [0.15, 0.2) is 5.11 Å². The topological polar surface area (TPSA) is 195 Å². The molecule has 262 valence electrons. The van der Waals surface area contributed by atoms with E-state index in [4.69, 9.17) is 17.0 Å². The Balaban J connectivity index is 1.90. The number of carboxylic acids is 4. The van der Waals surface area contributed by atoms with E-state index in [1.54, 1.807) is 37.8 Å². The van der Waals surface area contributed by atoms with Crippen molar-refractivity contribution >= 4 is 46.9 Å². The van der Waals surface area contributed by atoms with Crippen molar-refractivity contribution in [3.63, 3.8) is 0 Å². The number of anilines is 1. The molecular formula is C31H48N6O9S. The molecule has 0 spiro atoms. The van der Waals surface area contributed by atoms with Gasteiger partial charge in [-0.1, -0.05) is 25.7 Å². The van der Waals surface area contributed by atoms with Crippen LogP contribution in [0.15, 0.2) is 18.2 Å². The highest BCUT2D eigenvalue weighted by Gasteiger charge is 2.32. The Morgan fingerprint density at radius 2 is 1.26 bits per heavy atom. The summed E-state index contributed by atoms with van der Waals surface area (Å²) in [4.78, 5) is 54.5. The SMILES string of the molecule is COc1ccc(NC(=S)NC2CCCCCC2)cc1C(C(=O)O)N1CCN(CC(=O)O)CCN(CC(=O)O)CCN(CC(=O)O)CC1. The fourth-order valence-corrected chi connectivity index (χ4v) is 6.43. The van der Waals surface area contributed by atoms with E-state index >= 15 is 0 Å². The van der Waals surface area contributed by atoms with Gasteiger partial charge < -0.3 is 35.8 Å². The van der Waals surface area contributed by atoms with Crippen LogP contribution in [0.2, 0.25) is 0 Å². The highest BCUT2D eigenvalue weighted by Crippen LogP contribution is 2.33. The summed E-state index contributed by atoms with van der Waals surface area (Å²) in [6, 6.07) is 4.15. The highest BCUT2D eigenvalue weighted by atomic mass is 32.1. The summed E-state index contributed by atoms with van der Waals surface area (Å²) < 4.78 is 5.59. The molecule has 0 amide bonds. The zero-order valence-electron chi connectivity index (χ0n) is 26.9. The molecule has 1 saturated heterocycles. The van der Waals surface area contributed by atoms with E-state index in [0.717, 1.165) is 25.7 Å². The summed E-state index contributed by atoms with van der Waals surface area (Å²) in [7, 11) is 1.45. The van der Waals surface area contributed by atoms with Crippen molar-refractivity contribution in [2.75, 3.05) is 84.4 Å². The zero-order chi connectivity index (χ0) is 34.3. The third-order valence-corrected chi connectivity index (χ3v) is 8.74. The molecule has 1 unspecified atom stereocenters. The zero-order valence-corrected chi connectivity index (χ0v) is 27.8. The first-order valence-electron chi connectivity index (χ1n) is 16.0. The number of nitrogens with one attached hydrogen (secondary N) is 2. The minimum absolute atomic E-state index is 0.131. The number of hydrogen-bond acceptors (Lipinski definition) is 10. The Morgan fingerprint density at radius 3 is 1.68 bits per heavy atom. The quantitative estimate of drug-likeness (QED) is 0.136. The van der Waals surface area contributed by atoms with Gasteiger partial charge in [-0.25, -0.2) is 0 Å². The van der Waals surface area contributed by atoms with Gasteiger partial charge >= 0.3 is 23.9 Å². The number of benzene rings is 1. The second-order valence-electron chi connectivity index (χ2n) is 12.0. The molecule has 6 N–H and O–H groups in total. The van der Waals surface area contributed by atoms with Crippen molar-refractivity contribution in [1.29, 1.82) is 0 Å². The van der Waals surface area contributed by atoms with E-state index in [2.05, 4.69) is 10.6 Å². The average Bonchev–Trinajstić information content (AvgIpc) is 3.26. The lowest BCUT2D eigenvalue weighted by Crippen LogP contribution is -2.49. The van der Waals surface area contributed by atoms with Gasteiger partial charge in [-0.3, -0.25) is 38.8 Å². The fraction of sp³-hybridized carbons (Fsp3) is 0.645. The van der Waals surface area contributed by atoms with Crippen LogP contribution in [-0.4, -0.2) is 154 Å². The molecule has 0 bridgehead atoms. The van der Waals surface area contributed by atoms with Gasteiger partial charge in [0.25, 0.3) is 0 Å². The van der Waals surface area contributed by atoms with Crippen molar-refractivity contribution in [3.8, 4) is 5.75 Å². The number of methoxy groups -OCH3 is 1. The molecule has 47 heavy (non-hydrogen) atoms. The van der Waals surface area contributed by atoms with Crippen LogP contribution in [0.25, 0.3) is 0 Å². The molecule has 1 heterocycles. The van der Waals surface area contributed by atoms with E-state index in [9.17, 15) is 39.6 Å². The summed E-state index contributed by atoms with van der Waals surface area (Å²) in [5.74, 6) is -4.00. The normalized spacial score (nSPS) is 19.3. The van der Waals surface area contributed by atoms with Gasteiger partial charge in [0.1, 0.15) is 11.8 Å². The number of thiocarbonyl (C=S) groups is 1. The van der Waals surface area contributed by atoms with Crippen molar-refractivity contribution in [2.45, 2.75) is 50.6 Å². The third kappa shape index (κ3) is 13.2. The minimum atomic E-state index is -1.22. The van der Waals surface area contributed by atoms with Crippen LogP contribution in [0.4, 0.5) is 5.69 Å². The maximum absolute atomic E-state index is 13.0. The first kappa shape index (κ1) is 37.9. The molecule has 1 aliphatic heterocycles. The first-order chi connectivity index (χ1) is 22.4. The van der Waals surface area contributed by atoms with Crippen LogP contribution in [0.1, 0.15) is 50.1 Å². The largest absolute Gasteiger partial charge is 0.496 e. The summed E-state index contributed by atoms with van der Waals surface area (Å²) in [5.41, 5.74) is 0.933. The molecule has 2 aliphatic rings. The molecule has 1 aromatic carbocycles. The van der Waals surface area contributed by atoms with Gasteiger partial charge in [0, 0.05) is 69.7 Å². The molecule has 3 rings (SSSR count). The van der Waals surface area contributed by atoms with Crippen LogP contribution in [0.5, 0.6) is 5.75 Å². The standard InChI is InChI=1S/C31H48N6O9S/c1-46-25-9-8-23(33-31(47)32-22-6-4-2-3-5-7-22)18-24(25)29(30(44)45)37-16-14-35(20-27(40)41)12-10-34(19-26(38)39)11-13-36(15-17-37)21-28(42)43/h8-9,18,22,29H,2-7,10-17,19-21H2,1H3,(H,38,39)(H,40,41)(H,42,43)(H,44,45)(H2,32,33,47).